The third-order valence-corrected chi connectivity index (χ3v) is 5.58. The van der Waals surface area contributed by atoms with Crippen LogP contribution in [-0.2, 0) is 22.6 Å². The van der Waals surface area contributed by atoms with Gasteiger partial charge in [-0.3, -0.25) is 9.59 Å². The first-order valence-corrected chi connectivity index (χ1v) is 11.9. The lowest BCUT2D eigenvalue weighted by Crippen LogP contribution is -2.52. The van der Waals surface area contributed by atoms with E-state index in [4.69, 9.17) is 4.74 Å². The molecule has 0 aliphatic rings. The molecule has 0 aliphatic heterocycles. The van der Waals surface area contributed by atoms with E-state index in [0.29, 0.717) is 13.0 Å². The molecule has 184 valence electrons. The van der Waals surface area contributed by atoms with Crippen LogP contribution in [0.3, 0.4) is 0 Å². The Morgan fingerprint density at radius 2 is 1.63 bits per heavy atom. The summed E-state index contributed by atoms with van der Waals surface area (Å²) in [6, 6.07) is 22.6. The molecule has 1 unspecified atom stereocenters. The number of ether oxygens (including phenoxy) is 1. The van der Waals surface area contributed by atoms with E-state index in [0.717, 1.165) is 16.7 Å². The second-order valence-electron chi connectivity index (χ2n) is 9.07. The molecule has 0 spiro atoms. The first kappa shape index (κ1) is 25.9. The van der Waals surface area contributed by atoms with Gasteiger partial charge in [-0.2, -0.15) is 0 Å². The fraction of sp³-hybridized carbons (Fsp3) is 0.310. The van der Waals surface area contributed by atoms with Crippen LogP contribution in [0.2, 0.25) is 0 Å². The molecule has 0 fully saturated rings. The average molecular weight is 477 g/mol. The van der Waals surface area contributed by atoms with Crippen molar-refractivity contribution in [2.75, 3.05) is 13.2 Å². The summed E-state index contributed by atoms with van der Waals surface area (Å²) in [6.07, 6.45) is 0.349. The zero-order valence-corrected chi connectivity index (χ0v) is 20.5. The van der Waals surface area contributed by atoms with Gasteiger partial charge in [0, 0.05) is 19.5 Å². The molecule has 2 amide bonds. The third-order valence-electron chi connectivity index (χ3n) is 5.58. The van der Waals surface area contributed by atoms with Crippen LogP contribution < -0.4 is 10.1 Å². The number of nitrogens with one attached hydrogen (secondary N) is 1. The number of amides is 2. The van der Waals surface area contributed by atoms with Gasteiger partial charge in [0.2, 0.25) is 5.91 Å². The van der Waals surface area contributed by atoms with Gasteiger partial charge in [0.05, 0.1) is 0 Å². The Bertz CT molecular complexity index is 1120. The summed E-state index contributed by atoms with van der Waals surface area (Å²) in [6.45, 7) is 6.37. The molecular formula is C29H33FN2O3. The van der Waals surface area contributed by atoms with Gasteiger partial charge in [-0.25, -0.2) is 4.39 Å². The van der Waals surface area contributed by atoms with Crippen molar-refractivity contribution in [1.82, 2.24) is 10.2 Å². The second-order valence-corrected chi connectivity index (χ2v) is 9.07. The number of para-hydroxylation sites is 1. The van der Waals surface area contributed by atoms with Gasteiger partial charge in [-0.15, -0.1) is 0 Å². The van der Waals surface area contributed by atoms with Gasteiger partial charge < -0.3 is 15.0 Å². The molecule has 5 nitrogen and oxygen atoms in total. The molecule has 3 aromatic rings. The van der Waals surface area contributed by atoms with Crippen LogP contribution in [0, 0.1) is 18.7 Å². The first-order valence-electron chi connectivity index (χ1n) is 11.9. The first-order chi connectivity index (χ1) is 16.8. The molecule has 1 atom stereocenters. The fourth-order valence-corrected chi connectivity index (χ4v) is 3.77. The fourth-order valence-electron chi connectivity index (χ4n) is 3.77. The number of carbonyl (C=O) groups excluding carboxylic acids is 2. The molecule has 0 aliphatic carbocycles. The molecule has 6 heteroatoms. The Morgan fingerprint density at radius 1 is 0.943 bits per heavy atom. The Labute approximate surface area is 206 Å². The number of rotatable bonds is 11. The van der Waals surface area contributed by atoms with Crippen LogP contribution in [-0.4, -0.2) is 35.9 Å². The minimum absolute atomic E-state index is 0.000208. The third kappa shape index (κ3) is 7.95. The monoisotopic (exact) mass is 476 g/mol. The second kappa shape index (κ2) is 12.7. The minimum atomic E-state index is -0.756. The Kier molecular flexibility index (Phi) is 9.41. The van der Waals surface area contributed by atoms with Crippen LogP contribution >= 0.6 is 0 Å². The van der Waals surface area contributed by atoms with Gasteiger partial charge >= 0.3 is 0 Å². The number of aryl methyl sites for hydroxylation is 1. The van der Waals surface area contributed by atoms with Crippen molar-refractivity contribution in [2.24, 2.45) is 5.92 Å². The molecule has 35 heavy (non-hydrogen) atoms. The lowest BCUT2D eigenvalue weighted by molar-refractivity contribution is -0.142. The maximum atomic E-state index is 14.1. The van der Waals surface area contributed by atoms with E-state index in [1.807, 2.05) is 75.4 Å². The predicted molar refractivity (Wildman–Crippen MR) is 135 cm³/mol. The van der Waals surface area contributed by atoms with E-state index < -0.39 is 17.8 Å². The molecule has 0 saturated heterocycles. The topological polar surface area (TPSA) is 58.6 Å². The van der Waals surface area contributed by atoms with Crippen LogP contribution in [0.5, 0.6) is 5.75 Å². The van der Waals surface area contributed by atoms with E-state index in [1.165, 1.54) is 17.0 Å². The van der Waals surface area contributed by atoms with Crippen molar-refractivity contribution in [3.8, 4) is 5.75 Å². The van der Waals surface area contributed by atoms with Gasteiger partial charge in [0.15, 0.2) is 18.2 Å². The summed E-state index contributed by atoms with van der Waals surface area (Å²) in [5.41, 5.74) is 2.90. The molecule has 0 bridgehead atoms. The average Bonchev–Trinajstić information content (AvgIpc) is 2.84. The van der Waals surface area contributed by atoms with E-state index in [2.05, 4.69) is 5.32 Å². The Balaban J connectivity index is 1.91. The molecule has 3 rings (SSSR count). The van der Waals surface area contributed by atoms with E-state index in [-0.39, 0.29) is 30.7 Å². The van der Waals surface area contributed by atoms with Crippen LogP contribution in [0.15, 0.2) is 78.9 Å². The summed E-state index contributed by atoms with van der Waals surface area (Å²) >= 11 is 0. The van der Waals surface area contributed by atoms with Crippen molar-refractivity contribution in [3.63, 3.8) is 0 Å². The van der Waals surface area contributed by atoms with Crippen molar-refractivity contribution in [1.29, 1.82) is 0 Å². The smallest absolute Gasteiger partial charge is 0.261 e. The summed E-state index contributed by atoms with van der Waals surface area (Å²) in [5, 5.41) is 2.98. The van der Waals surface area contributed by atoms with Gasteiger partial charge in [-0.05, 0) is 36.1 Å². The summed E-state index contributed by atoms with van der Waals surface area (Å²) in [7, 11) is 0. The predicted octanol–water partition coefficient (Wildman–Crippen LogP) is 4.93. The zero-order chi connectivity index (χ0) is 25.2. The highest BCUT2D eigenvalue weighted by Gasteiger charge is 2.31. The van der Waals surface area contributed by atoms with E-state index in [9.17, 15) is 14.0 Å². The molecule has 0 radical (unpaired) electrons. The SMILES string of the molecule is Cc1cccc(CN(C(=O)COc2ccccc2F)C(Cc2ccccc2)C(=O)NCC(C)C)c1. The molecule has 0 aromatic heterocycles. The number of hydrogen-bond donors (Lipinski definition) is 1. The number of benzene rings is 3. The number of halogens is 1. The maximum absolute atomic E-state index is 14.1. The van der Waals surface area contributed by atoms with Crippen molar-refractivity contribution < 1.29 is 18.7 Å². The molecule has 3 aromatic carbocycles. The highest BCUT2D eigenvalue weighted by atomic mass is 19.1. The summed E-state index contributed by atoms with van der Waals surface area (Å²) < 4.78 is 19.6. The Morgan fingerprint density at radius 3 is 2.31 bits per heavy atom. The molecule has 0 heterocycles. The molecule has 0 saturated carbocycles. The van der Waals surface area contributed by atoms with E-state index >= 15 is 0 Å². The summed E-state index contributed by atoms with van der Waals surface area (Å²) in [4.78, 5) is 28.4. The molecular weight excluding hydrogens is 443 g/mol. The zero-order valence-electron chi connectivity index (χ0n) is 20.5. The highest BCUT2D eigenvalue weighted by molar-refractivity contribution is 5.88. The van der Waals surface area contributed by atoms with Crippen molar-refractivity contribution in [3.05, 3.63) is 101 Å². The quantitative estimate of drug-likeness (QED) is 0.427. The minimum Gasteiger partial charge on any atom is -0.481 e. The number of hydrogen-bond acceptors (Lipinski definition) is 3. The normalized spacial score (nSPS) is 11.7. The van der Waals surface area contributed by atoms with Crippen LogP contribution in [0.25, 0.3) is 0 Å². The summed E-state index contributed by atoms with van der Waals surface area (Å²) in [5.74, 6) is -0.896. The van der Waals surface area contributed by atoms with Gasteiger partial charge in [0.25, 0.3) is 5.91 Å². The lowest BCUT2D eigenvalue weighted by Gasteiger charge is -2.31. The molecule has 1 N–H and O–H groups in total. The highest BCUT2D eigenvalue weighted by Crippen LogP contribution is 2.18. The van der Waals surface area contributed by atoms with E-state index in [1.54, 1.807) is 12.1 Å². The van der Waals surface area contributed by atoms with Crippen LogP contribution in [0.1, 0.15) is 30.5 Å². The maximum Gasteiger partial charge on any atom is 0.261 e. The standard InChI is InChI=1S/C29H33FN2O3/c1-21(2)18-31-29(34)26(17-23-11-5-4-6-12-23)32(19-24-13-9-10-22(3)16-24)28(33)20-35-27-15-8-7-14-25(27)30/h4-16,21,26H,17-20H2,1-3H3,(H,31,34). The number of nitrogens with zero attached hydrogens (tertiary/aromatic N) is 1. The van der Waals surface area contributed by atoms with Crippen molar-refractivity contribution >= 4 is 11.8 Å². The number of carbonyl (C=O) groups is 2. The lowest BCUT2D eigenvalue weighted by atomic mass is 10.0. The van der Waals surface area contributed by atoms with Gasteiger partial charge in [-0.1, -0.05) is 86.1 Å². The van der Waals surface area contributed by atoms with Gasteiger partial charge in [0.1, 0.15) is 6.04 Å². The van der Waals surface area contributed by atoms with Crippen LogP contribution in [0.4, 0.5) is 4.39 Å². The largest absolute Gasteiger partial charge is 0.481 e. The van der Waals surface area contributed by atoms with Crippen molar-refractivity contribution in [2.45, 2.75) is 39.8 Å². The Hall–Kier alpha value is -3.67.